The van der Waals surface area contributed by atoms with Gasteiger partial charge < -0.3 is 20.5 Å². The van der Waals surface area contributed by atoms with E-state index >= 15 is 0 Å². The zero-order valence-corrected chi connectivity index (χ0v) is 21.2. The maximum absolute atomic E-state index is 14.6. The highest BCUT2D eigenvalue weighted by Crippen LogP contribution is 2.48. The van der Waals surface area contributed by atoms with Gasteiger partial charge in [-0.05, 0) is 43.9 Å². The minimum absolute atomic E-state index is 0.00720. The van der Waals surface area contributed by atoms with Crippen LogP contribution in [-0.4, -0.2) is 45.0 Å². The van der Waals surface area contributed by atoms with E-state index in [1.54, 1.807) is 15.7 Å². The molecule has 1 aromatic heterocycles. The lowest BCUT2D eigenvalue weighted by atomic mass is 10.1. The van der Waals surface area contributed by atoms with Crippen molar-refractivity contribution in [1.29, 1.82) is 5.53 Å². The summed E-state index contributed by atoms with van der Waals surface area (Å²) in [5.74, 6) is -1.28. The molecule has 2 aromatic carbocycles. The number of hydrogen-bond donors (Lipinski definition) is 3. The number of likely N-dealkylation sites (tertiary alicyclic amines) is 1. The van der Waals surface area contributed by atoms with Crippen LogP contribution in [0.25, 0.3) is 10.9 Å². The Hall–Kier alpha value is -4.12. The molecule has 2 fully saturated rings. The largest absolute Gasteiger partial charge is 0.382 e. The van der Waals surface area contributed by atoms with E-state index in [2.05, 4.69) is 15.6 Å². The van der Waals surface area contributed by atoms with Gasteiger partial charge in [0, 0.05) is 46.4 Å². The Morgan fingerprint density at radius 1 is 1.24 bits per heavy atom. The van der Waals surface area contributed by atoms with Crippen LogP contribution in [0.5, 0.6) is 0 Å². The zero-order valence-electron chi connectivity index (χ0n) is 20.4. The van der Waals surface area contributed by atoms with Crippen molar-refractivity contribution in [2.45, 2.75) is 44.9 Å². The first-order chi connectivity index (χ1) is 18.2. The second-order valence-corrected chi connectivity index (χ2v) is 10.0. The minimum atomic E-state index is -0.714. The zero-order chi connectivity index (χ0) is 27.1. The number of carbonyl (C=O) groups excluding carboxylic acids is 3. The lowest BCUT2D eigenvalue weighted by Crippen LogP contribution is -2.48. The summed E-state index contributed by atoms with van der Waals surface area (Å²) < 4.78 is 16.4. The van der Waals surface area contributed by atoms with Crippen molar-refractivity contribution in [3.63, 3.8) is 0 Å². The smallest absolute Gasteiger partial charge is 0.243 e. The molecule has 0 radical (unpaired) electrons. The SMILES string of the molecule is CC(=O)c1cn(CC(=O)N2[C@@H]3C[C@@H]3C[C@H]2C(=O)NCc2cc(/C(N)=N/N=N)cc(Cl)c2F)c2ccccc12. The summed E-state index contributed by atoms with van der Waals surface area (Å²) >= 11 is 5.98. The average Bonchev–Trinajstić information content (AvgIpc) is 3.39. The molecule has 2 aliphatic rings. The second kappa shape index (κ2) is 9.97. The number of amides is 2. The molecule has 12 heteroatoms. The third-order valence-electron chi connectivity index (χ3n) is 7.18. The number of nitrogens with two attached hydrogens (primary N) is 1. The molecule has 0 spiro atoms. The lowest BCUT2D eigenvalue weighted by molar-refractivity contribution is -0.140. The molecule has 0 bridgehead atoms. The lowest BCUT2D eigenvalue weighted by Gasteiger charge is -2.27. The van der Waals surface area contributed by atoms with Crippen molar-refractivity contribution >= 4 is 45.9 Å². The van der Waals surface area contributed by atoms with Gasteiger partial charge in [0.15, 0.2) is 11.6 Å². The van der Waals surface area contributed by atoms with E-state index in [0.717, 1.165) is 17.3 Å². The van der Waals surface area contributed by atoms with Gasteiger partial charge >= 0.3 is 0 Å². The minimum Gasteiger partial charge on any atom is -0.382 e. The van der Waals surface area contributed by atoms with Crippen LogP contribution in [0.3, 0.4) is 0 Å². The van der Waals surface area contributed by atoms with Crippen molar-refractivity contribution < 1.29 is 18.8 Å². The number of Topliss-reactive ketones (excluding diaryl/α,β-unsaturated/α-hetero) is 1. The summed E-state index contributed by atoms with van der Waals surface area (Å²) in [6.07, 6.45) is 3.05. The van der Waals surface area contributed by atoms with Crippen LogP contribution in [-0.2, 0) is 22.7 Å². The molecule has 10 nitrogen and oxygen atoms in total. The number of nitrogens with one attached hydrogen (secondary N) is 2. The Kier molecular flexibility index (Phi) is 6.70. The normalized spacial score (nSPS) is 20.3. The second-order valence-electron chi connectivity index (χ2n) is 9.59. The first kappa shape index (κ1) is 25.5. The molecule has 196 valence electrons. The molecule has 4 N–H and O–H groups in total. The number of piperidine rings is 1. The fourth-order valence-electron chi connectivity index (χ4n) is 5.27. The van der Waals surface area contributed by atoms with Gasteiger partial charge in [0.25, 0.3) is 0 Å². The summed E-state index contributed by atoms with van der Waals surface area (Å²) in [5.41, 5.74) is 14.2. The monoisotopic (exact) mass is 537 g/mol. The number of nitrogens with zero attached hydrogens (tertiary/aromatic N) is 4. The van der Waals surface area contributed by atoms with Gasteiger partial charge in [-0.25, -0.2) is 4.39 Å². The number of fused-ring (bicyclic) bond motifs is 2. The highest BCUT2D eigenvalue weighted by molar-refractivity contribution is 6.31. The number of ketones is 1. The van der Waals surface area contributed by atoms with Crippen molar-refractivity contribution in [3.8, 4) is 0 Å². The van der Waals surface area contributed by atoms with Gasteiger partial charge in [-0.3, -0.25) is 14.4 Å². The first-order valence-electron chi connectivity index (χ1n) is 12.1. The van der Waals surface area contributed by atoms with E-state index in [1.807, 2.05) is 24.3 Å². The van der Waals surface area contributed by atoms with E-state index in [1.165, 1.54) is 19.1 Å². The Morgan fingerprint density at radius 3 is 2.74 bits per heavy atom. The first-order valence-corrected chi connectivity index (χ1v) is 12.4. The maximum Gasteiger partial charge on any atom is 0.243 e. The van der Waals surface area contributed by atoms with Gasteiger partial charge in [-0.1, -0.05) is 35.0 Å². The highest BCUT2D eigenvalue weighted by Gasteiger charge is 2.55. The predicted molar refractivity (Wildman–Crippen MR) is 138 cm³/mol. The number of halogens is 2. The van der Waals surface area contributed by atoms with E-state index in [0.29, 0.717) is 12.0 Å². The number of aromatic nitrogens is 1. The van der Waals surface area contributed by atoms with Crippen LogP contribution in [0.2, 0.25) is 5.02 Å². The molecule has 3 aromatic rings. The van der Waals surface area contributed by atoms with E-state index in [9.17, 15) is 18.8 Å². The molecule has 2 heterocycles. The van der Waals surface area contributed by atoms with Gasteiger partial charge in [-0.2, -0.15) is 5.53 Å². The molecule has 1 aliphatic heterocycles. The molecule has 0 unspecified atom stereocenters. The third-order valence-corrected chi connectivity index (χ3v) is 7.45. The van der Waals surface area contributed by atoms with Crippen LogP contribution < -0.4 is 11.1 Å². The molecule has 1 aliphatic carbocycles. The topological polar surface area (TPSA) is 146 Å². The Balaban J connectivity index is 1.32. The van der Waals surface area contributed by atoms with Crippen LogP contribution in [0.1, 0.15) is 41.3 Å². The van der Waals surface area contributed by atoms with Crippen LogP contribution >= 0.6 is 11.6 Å². The van der Waals surface area contributed by atoms with Crippen molar-refractivity contribution in [1.82, 2.24) is 14.8 Å². The molecule has 1 saturated carbocycles. The Bertz CT molecular complexity index is 1520. The van der Waals surface area contributed by atoms with Crippen LogP contribution in [0, 0.1) is 17.3 Å². The fraction of sp³-hybridized carbons (Fsp3) is 0.308. The highest BCUT2D eigenvalue weighted by atomic mass is 35.5. The number of benzene rings is 2. The molecule has 2 amide bonds. The summed E-state index contributed by atoms with van der Waals surface area (Å²) in [4.78, 5) is 40.4. The van der Waals surface area contributed by atoms with Crippen LogP contribution in [0.15, 0.2) is 52.9 Å². The average molecular weight is 538 g/mol. The predicted octanol–water partition coefficient (Wildman–Crippen LogP) is 3.59. The van der Waals surface area contributed by atoms with Crippen LogP contribution in [0.4, 0.5) is 4.39 Å². The number of carbonyl (C=O) groups is 3. The summed E-state index contributed by atoms with van der Waals surface area (Å²) in [5, 5.41) is 9.57. The molecule has 5 rings (SSSR count). The summed E-state index contributed by atoms with van der Waals surface area (Å²) in [6, 6.07) is 9.34. The maximum atomic E-state index is 14.6. The molecule has 1 saturated heterocycles. The van der Waals surface area contributed by atoms with E-state index < -0.39 is 17.8 Å². The third kappa shape index (κ3) is 4.65. The quantitative estimate of drug-likeness (QED) is 0.132. The number of rotatable bonds is 8. The van der Waals surface area contributed by atoms with Gasteiger partial charge in [-0.15, -0.1) is 5.10 Å². The van der Waals surface area contributed by atoms with Gasteiger partial charge in [0.1, 0.15) is 18.4 Å². The molecule has 38 heavy (non-hydrogen) atoms. The number of hydrogen-bond acceptors (Lipinski definition) is 5. The number of para-hydroxylation sites is 1. The van der Waals surface area contributed by atoms with Crippen molar-refractivity contribution in [2.75, 3.05) is 0 Å². The summed E-state index contributed by atoms with van der Waals surface area (Å²) in [6.45, 7) is 1.30. The fourth-order valence-corrected chi connectivity index (χ4v) is 5.51. The van der Waals surface area contributed by atoms with Gasteiger partial charge in [0.2, 0.25) is 11.8 Å². The molecule has 3 atom stereocenters. The van der Waals surface area contributed by atoms with Crippen molar-refractivity contribution in [3.05, 3.63) is 70.1 Å². The molecular weight excluding hydrogens is 513 g/mol. The Labute approximate surface area is 222 Å². The van der Waals surface area contributed by atoms with E-state index in [4.69, 9.17) is 22.9 Å². The van der Waals surface area contributed by atoms with E-state index in [-0.39, 0.29) is 58.7 Å². The van der Waals surface area contributed by atoms with Gasteiger partial charge in [0.05, 0.1) is 5.02 Å². The Morgan fingerprint density at radius 2 is 2.00 bits per heavy atom. The summed E-state index contributed by atoms with van der Waals surface area (Å²) in [7, 11) is 0. The standard InChI is InChI=1S/C26H25ClFN7O3/c1-13(36)18-11-34(20-5-3-2-4-17(18)20)12-23(37)35-21-8-14(21)9-22(35)26(38)31-10-16-6-15(25(29)32-33-30)7-19(27)24(16)28/h2-7,11,14,21-22H,8-10,12H2,1H3,(H,31,38)(H3,29,30,32)/t14-,21-,22+/m1/s1. The molecular formula is C26H25ClFN7O3. The number of amidine groups is 1. The van der Waals surface area contributed by atoms with Crippen molar-refractivity contribution in [2.24, 2.45) is 22.0 Å².